The first-order chi connectivity index (χ1) is 4.43. The van der Waals surface area contributed by atoms with Gasteiger partial charge in [0, 0.05) is 18.5 Å². The number of pyridine rings is 1. The molecule has 1 radical (unpaired) electrons. The molecule has 0 spiro atoms. The van der Waals surface area contributed by atoms with Crippen molar-refractivity contribution >= 4 is 0 Å². The van der Waals surface area contributed by atoms with E-state index in [2.05, 4.69) is 18.0 Å². The molecular weight excluding hydrogens is 110 g/mol. The van der Waals surface area contributed by atoms with E-state index in [1.54, 1.807) is 6.20 Å². The van der Waals surface area contributed by atoms with Crippen LogP contribution in [0.3, 0.4) is 0 Å². The zero-order valence-electron chi connectivity index (χ0n) is 5.59. The van der Waals surface area contributed by atoms with Crippen LogP contribution in [0.2, 0.25) is 0 Å². The van der Waals surface area contributed by atoms with Gasteiger partial charge in [-0.2, -0.15) is 0 Å². The van der Waals surface area contributed by atoms with Crippen LogP contribution < -0.4 is 0 Å². The Morgan fingerprint density at radius 3 is 3.11 bits per heavy atom. The molecule has 0 amide bonds. The van der Waals surface area contributed by atoms with E-state index >= 15 is 0 Å². The Balaban J connectivity index is 2.61. The first-order valence-electron chi connectivity index (χ1n) is 3.24. The van der Waals surface area contributed by atoms with Crippen molar-refractivity contribution in [3.05, 3.63) is 30.1 Å². The van der Waals surface area contributed by atoms with Crippen molar-refractivity contribution in [3.63, 3.8) is 0 Å². The number of hydrogen-bond acceptors (Lipinski definition) is 1. The van der Waals surface area contributed by atoms with Gasteiger partial charge < -0.3 is 0 Å². The minimum Gasteiger partial charge on any atom is -0.264 e. The molecule has 0 fully saturated rings. The number of aromatic nitrogens is 1. The Labute approximate surface area is 55.7 Å². The fraction of sp³-hybridized carbons (Fsp3) is 0.375. The van der Waals surface area contributed by atoms with Gasteiger partial charge in [0.2, 0.25) is 0 Å². The monoisotopic (exact) mass is 120 g/mol. The van der Waals surface area contributed by atoms with Crippen LogP contribution in [0, 0.1) is 6.07 Å². The summed E-state index contributed by atoms with van der Waals surface area (Å²) in [6.45, 7) is 2.16. The number of nitrogens with zero attached hydrogens (tertiary/aromatic N) is 1. The summed E-state index contributed by atoms with van der Waals surface area (Å²) in [5, 5.41) is 0. The van der Waals surface area contributed by atoms with Gasteiger partial charge in [0.05, 0.1) is 0 Å². The molecule has 0 aliphatic rings. The molecule has 0 saturated heterocycles. The summed E-state index contributed by atoms with van der Waals surface area (Å²) in [5.74, 6) is 0. The normalized spacial score (nSPS) is 9.44. The molecule has 1 heteroatoms. The number of aryl methyl sites for hydroxylation is 1. The Morgan fingerprint density at radius 2 is 2.56 bits per heavy atom. The van der Waals surface area contributed by atoms with Gasteiger partial charge in [-0.1, -0.05) is 13.3 Å². The number of rotatable bonds is 2. The van der Waals surface area contributed by atoms with Gasteiger partial charge >= 0.3 is 0 Å². The summed E-state index contributed by atoms with van der Waals surface area (Å²) in [4.78, 5) is 3.87. The van der Waals surface area contributed by atoms with Gasteiger partial charge in [-0.3, -0.25) is 4.98 Å². The topological polar surface area (TPSA) is 12.9 Å². The van der Waals surface area contributed by atoms with Gasteiger partial charge in [-0.15, -0.1) is 0 Å². The molecule has 0 N–H and O–H groups in total. The highest BCUT2D eigenvalue weighted by molar-refractivity contribution is 5.07. The van der Waals surface area contributed by atoms with E-state index in [4.69, 9.17) is 0 Å². The maximum atomic E-state index is 3.87. The lowest BCUT2D eigenvalue weighted by atomic mass is 10.2. The molecule has 0 aromatic carbocycles. The van der Waals surface area contributed by atoms with Crippen LogP contribution in [-0.4, -0.2) is 4.98 Å². The summed E-state index contributed by atoms with van der Waals surface area (Å²) >= 11 is 0. The number of hydrogen-bond donors (Lipinski definition) is 0. The summed E-state index contributed by atoms with van der Waals surface area (Å²) in [5.41, 5.74) is 1.26. The second kappa shape index (κ2) is 3.23. The van der Waals surface area contributed by atoms with E-state index in [9.17, 15) is 0 Å². The highest BCUT2D eigenvalue weighted by Gasteiger charge is 1.86. The van der Waals surface area contributed by atoms with Gasteiger partial charge in [0.1, 0.15) is 0 Å². The lowest BCUT2D eigenvalue weighted by molar-refractivity contribution is 0.916. The molecule has 1 aromatic rings. The molecule has 0 aliphatic carbocycles. The molecule has 0 aliphatic heterocycles. The van der Waals surface area contributed by atoms with Crippen LogP contribution in [0.15, 0.2) is 18.5 Å². The average molecular weight is 120 g/mol. The molecule has 0 unspecified atom stereocenters. The minimum atomic E-state index is 1.11. The zero-order valence-corrected chi connectivity index (χ0v) is 5.59. The van der Waals surface area contributed by atoms with E-state index in [-0.39, 0.29) is 0 Å². The molecule has 1 rings (SSSR count). The first kappa shape index (κ1) is 6.27. The summed E-state index contributed by atoms with van der Waals surface area (Å²) in [7, 11) is 0. The Bertz CT molecular complexity index is 157. The van der Waals surface area contributed by atoms with Crippen LogP contribution in [0.1, 0.15) is 18.9 Å². The van der Waals surface area contributed by atoms with E-state index in [1.165, 1.54) is 12.0 Å². The zero-order chi connectivity index (χ0) is 6.53. The Morgan fingerprint density at radius 1 is 1.67 bits per heavy atom. The Hall–Kier alpha value is -0.850. The predicted molar refractivity (Wildman–Crippen MR) is 37.1 cm³/mol. The maximum absolute atomic E-state index is 3.87. The molecule has 0 atom stereocenters. The second-order valence-electron chi connectivity index (χ2n) is 2.01. The fourth-order valence-electron chi connectivity index (χ4n) is 0.769. The van der Waals surface area contributed by atoms with Crippen molar-refractivity contribution in [2.75, 3.05) is 0 Å². The van der Waals surface area contributed by atoms with E-state index < -0.39 is 0 Å². The summed E-state index contributed by atoms with van der Waals surface area (Å²) in [6.07, 6.45) is 5.82. The molecule has 1 heterocycles. The highest BCUT2D eigenvalue weighted by atomic mass is 14.6. The van der Waals surface area contributed by atoms with Crippen LogP contribution in [0.5, 0.6) is 0 Å². The third-order valence-electron chi connectivity index (χ3n) is 1.21. The smallest absolute Gasteiger partial charge is 0.0349 e. The van der Waals surface area contributed by atoms with Crippen molar-refractivity contribution in [1.29, 1.82) is 0 Å². The van der Waals surface area contributed by atoms with Crippen LogP contribution in [0.25, 0.3) is 0 Å². The SMILES string of the molecule is CCCc1[c]cncc1. The molecule has 1 nitrogen and oxygen atoms in total. The molecule has 1 aromatic heterocycles. The van der Waals surface area contributed by atoms with Crippen LogP contribution >= 0.6 is 0 Å². The third-order valence-corrected chi connectivity index (χ3v) is 1.21. The largest absolute Gasteiger partial charge is 0.264 e. The maximum Gasteiger partial charge on any atom is 0.0349 e. The molecule has 47 valence electrons. The third kappa shape index (κ3) is 1.84. The quantitative estimate of drug-likeness (QED) is 0.580. The van der Waals surface area contributed by atoms with E-state index in [1.807, 2.05) is 12.3 Å². The van der Waals surface area contributed by atoms with E-state index in [0.717, 1.165) is 6.42 Å². The van der Waals surface area contributed by atoms with Gasteiger partial charge in [-0.25, -0.2) is 0 Å². The summed E-state index contributed by atoms with van der Waals surface area (Å²) in [6, 6.07) is 5.06. The lowest BCUT2D eigenvalue weighted by Crippen LogP contribution is -1.81. The lowest BCUT2D eigenvalue weighted by Gasteiger charge is -1.92. The second-order valence-corrected chi connectivity index (χ2v) is 2.01. The van der Waals surface area contributed by atoms with Crippen molar-refractivity contribution in [2.24, 2.45) is 0 Å². The van der Waals surface area contributed by atoms with Gasteiger partial charge in [-0.05, 0) is 18.1 Å². The standard InChI is InChI=1S/C8H10N/c1-2-3-8-4-6-9-7-5-8/h4,6-7H,2-3H2,1H3. The molecular formula is C8H10N. The van der Waals surface area contributed by atoms with Gasteiger partial charge in [0.15, 0.2) is 0 Å². The van der Waals surface area contributed by atoms with Crippen molar-refractivity contribution < 1.29 is 0 Å². The minimum absolute atomic E-state index is 1.11. The van der Waals surface area contributed by atoms with Gasteiger partial charge in [0.25, 0.3) is 0 Å². The van der Waals surface area contributed by atoms with Crippen LogP contribution in [-0.2, 0) is 6.42 Å². The molecule has 9 heavy (non-hydrogen) atoms. The fourth-order valence-corrected chi connectivity index (χ4v) is 0.769. The highest BCUT2D eigenvalue weighted by Crippen LogP contribution is 1.97. The van der Waals surface area contributed by atoms with Crippen molar-refractivity contribution in [2.45, 2.75) is 19.8 Å². The van der Waals surface area contributed by atoms with Crippen molar-refractivity contribution in [1.82, 2.24) is 4.98 Å². The van der Waals surface area contributed by atoms with E-state index in [0.29, 0.717) is 0 Å². The van der Waals surface area contributed by atoms with Crippen molar-refractivity contribution in [3.8, 4) is 0 Å². The van der Waals surface area contributed by atoms with Crippen LogP contribution in [0.4, 0.5) is 0 Å². The molecule has 0 bridgehead atoms. The molecule has 0 saturated carbocycles. The average Bonchev–Trinajstić information content (AvgIpc) is 1.91. The first-order valence-corrected chi connectivity index (χ1v) is 3.24. The Kier molecular flexibility index (Phi) is 2.25. The summed E-state index contributed by atoms with van der Waals surface area (Å²) < 4.78 is 0. The predicted octanol–water partition coefficient (Wildman–Crippen LogP) is 1.83.